The average molecular weight is 306 g/mol. The molecule has 0 spiro atoms. The predicted octanol–water partition coefficient (Wildman–Crippen LogP) is 2.11. The minimum Gasteiger partial charge on any atom is -0.346 e. The highest BCUT2D eigenvalue weighted by atomic mass is 16.2. The van der Waals surface area contributed by atoms with Crippen molar-refractivity contribution in [2.75, 3.05) is 0 Å². The van der Waals surface area contributed by atoms with E-state index in [4.69, 9.17) is 0 Å². The van der Waals surface area contributed by atoms with Crippen LogP contribution in [0.5, 0.6) is 0 Å². The van der Waals surface area contributed by atoms with Crippen LogP contribution in [0.4, 0.5) is 0 Å². The first-order chi connectivity index (χ1) is 11.3. The summed E-state index contributed by atoms with van der Waals surface area (Å²) in [5.41, 5.74) is 2.58. The van der Waals surface area contributed by atoms with E-state index in [-0.39, 0.29) is 11.9 Å². The molecule has 5 nitrogen and oxygen atoms in total. The number of carbonyl (C=O) groups excluding carboxylic acids is 1. The average Bonchev–Trinajstić information content (AvgIpc) is 3.27. The van der Waals surface area contributed by atoms with E-state index in [1.54, 1.807) is 6.20 Å². The number of benzene rings is 1. The fourth-order valence-corrected chi connectivity index (χ4v) is 4.08. The van der Waals surface area contributed by atoms with E-state index in [2.05, 4.69) is 33.8 Å². The van der Waals surface area contributed by atoms with E-state index in [1.807, 2.05) is 22.7 Å². The third-order valence-electron chi connectivity index (χ3n) is 5.21. The Bertz CT molecular complexity index is 916. The number of nitrogens with zero attached hydrogens (tertiary/aromatic N) is 2. The molecule has 0 saturated carbocycles. The van der Waals surface area contributed by atoms with Crippen LogP contribution in [0.25, 0.3) is 16.4 Å². The molecule has 2 bridgehead atoms. The molecular formula is C18H18N4O. The number of nitrogens with one attached hydrogen (secondary N) is 2. The minimum absolute atomic E-state index is 0.0796. The summed E-state index contributed by atoms with van der Waals surface area (Å²) >= 11 is 0. The highest BCUT2D eigenvalue weighted by molar-refractivity contribution is 5.94. The van der Waals surface area contributed by atoms with Gasteiger partial charge in [0, 0.05) is 29.7 Å². The molecule has 3 aromatic rings. The van der Waals surface area contributed by atoms with Gasteiger partial charge in [-0.3, -0.25) is 4.79 Å². The Balaban J connectivity index is 1.47. The first-order valence-corrected chi connectivity index (χ1v) is 8.21. The van der Waals surface area contributed by atoms with E-state index < -0.39 is 0 Å². The normalized spacial score (nSPS) is 26.2. The van der Waals surface area contributed by atoms with E-state index in [0.717, 1.165) is 29.3 Å². The zero-order valence-electron chi connectivity index (χ0n) is 12.7. The molecule has 5 rings (SSSR count). The molecule has 2 aromatic heterocycles. The fourth-order valence-electron chi connectivity index (χ4n) is 4.08. The van der Waals surface area contributed by atoms with Crippen LogP contribution in [0.15, 0.2) is 42.7 Å². The lowest BCUT2D eigenvalue weighted by Gasteiger charge is -2.21. The van der Waals surface area contributed by atoms with Gasteiger partial charge in [0.1, 0.15) is 5.69 Å². The van der Waals surface area contributed by atoms with Gasteiger partial charge in [0.2, 0.25) is 0 Å². The largest absolute Gasteiger partial charge is 0.346 e. The van der Waals surface area contributed by atoms with E-state index in [9.17, 15) is 4.79 Å². The Labute approximate surface area is 133 Å². The lowest BCUT2D eigenvalue weighted by molar-refractivity contribution is 0.0925. The highest BCUT2D eigenvalue weighted by Crippen LogP contribution is 2.28. The van der Waals surface area contributed by atoms with Gasteiger partial charge in [-0.05, 0) is 31.4 Å². The van der Waals surface area contributed by atoms with Crippen LogP contribution in [-0.4, -0.2) is 33.4 Å². The number of amides is 1. The van der Waals surface area contributed by atoms with Gasteiger partial charge in [-0.1, -0.05) is 18.2 Å². The van der Waals surface area contributed by atoms with Crippen LogP contribution in [0.1, 0.15) is 29.8 Å². The molecule has 23 heavy (non-hydrogen) atoms. The fraction of sp³-hybridized carbons (Fsp3) is 0.333. The van der Waals surface area contributed by atoms with E-state index in [1.165, 1.54) is 6.42 Å². The van der Waals surface area contributed by atoms with Crippen molar-refractivity contribution < 1.29 is 4.79 Å². The minimum atomic E-state index is -0.0796. The zero-order valence-corrected chi connectivity index (χ0v) is 12.7. The van der Waals surface area contributed by atoms with Crippen molar-refractivity contribution >= 4 is 22.3 Å². The summed E-state index contributed by atoms with van der Waals surface area (Å²) in [6.45, 7) is 0. The number of hydrogen-bond acceptors (Lipinski definition) is 3. The van der Waals surface area contributed by atoms with Crippen molar-refractivity contribution in [2.45, 2.75) is 37.4 Å². The summed E-state index contributed by atoms with van der Waals surface area (Å²) in [4.78, 5) is 16.9. The van der Waals surface area contributed by atoms with Crippen molar-refractivity contribution in [2.24, 2.45) is 0 Å². The second-order valence-electron chi connectivity index (χ2n) is 6.63. The topological polar surface area (TPSA) is 58.4 Å². The molecule has 1 aromatic carbocycles. The summed E-state index contributed by atoms with van der Waals surface area (Å²) in [7, 11) is 0. The quantitative estimate of drug-likeness (QED) is 0.762. The Morgan fingerprint density at radius 3 is 3.04 bits per heavy atom. The van der Waals surface area contributed by atoms with Gasteiger partial charge in [-0.2, -0.15) is 0 Å². The summed E-state index contributed by atoms with van der Waals surface area (Å²) in [5.74, 6) is -0.0796. The van der Waals surface area contributed by atoms with Crippen LogP contribution in [0.2, 0.25) is 0 Å². The summed E-state index contributed by atoms with van der Waals surface area (Å²) in [5, 5.41) is 7.85. The number of fused-ring (bicyclic) bond motifs is 5. The zero-order chi connectivity index (χ0) is 15.4. The van der Waals surface area contributed by atoms with Gasteiger partial charge in [0.25, 0.3) is 5.91 Å². The van der Waals surface area contributed by atoms with Crippen LogP contribution in [0, 0.1) is 0 Å². The Hall–Kier alpha value is -2.40. The summed E-state index contributed by atoms with van der Waals surface area (Å²) < 4.78 is 2.04. The smallest absolute Gasteiger partial charge is 0.271 e. The third kappa shape index (κ3) is 2.04. The summed E-state index contributed by atoms with van der Waals surface area (Å²) in [6, 6.07) is 11.5. The molecule has 1 amide bonds. The SMILES string of the molecule is O=C(NC1CC2CCC1N2)c1cn2c(cn1)cc1ccccc12. The van der Waals surface area contributed by atoms with Gasteiger partial charge in [0.05, 0.1) is 17.2 Å². The molecule has 3 atom stereocenters. The maximum Gasteiger partial charge on any atom is 0.271 e. The molecule has 2 saturated heterocycles. The summed E-state index contributed by atoms with van der Waals surface area (Å²) in [6.07, 6.45) is 7.04. The van der Waals surface area contributed by atoms with Gasteiger partial charge in [-0.25, -0.2) is 4.98 Å². The maximum absolute atomic E-state index is 12.6. The molecule has 4 heterocycles. The number of rotatable bonds is 2. The third-order valence-corrected chi connectivity index (χ3v) is 5.21. The van der Waals surface area contributed by atoms with Gasteiger partial charge in [0.15, 0.2) is 0 Å². The van der Waals surface area contributed by atoms with Crippen LogP contribution in [0.3, 0.4) is 0 Å². The molecule has 2 aliphatic rings. The molecule has 116 valence electrons. The van der Waals surface area contributed by atoms with E-state index in [0.29, 0.717) is 17.8 Å². The number of para-hydroxylation sites is 1. The Morgan fingerprint density at radius 2 is 2.22 bits per heavy atom. The van der Waals surface area contributed by atoms with Crippen LogP contribution >= 0.6 is 0 Å². The van der Waals surface area contributed by atoms with Crippen molar-refractivity contribution in [3.63, 3.8) is 0 Å². The molecule has 0 aliphatic carbocycles. The molecule has 2 N–H and O–H groups in total. The standard InChI is InChI=1S/C18H18N4O/c23-18(21-15-8-12-5-6-14(15)20-12)16-10-22-13(9-19-16)7-11-3-1-2-4-17(11)22/h1-4,7,9-10,12,14-15,20H,5-6,8H2,(H,21,23). The second kappa shape index (κ2) is 4.80. The lowest BCUT2D eigenvalue weighted by Crippen LogP contribution is -2.43. The molecule has 5 heteroatoms. The number of hydrogen-bond donors (Lipinski definition) is 2. The van der Waals surface area contributed by atoms with Crippen molar-refractivity contribution in [3.05, 3.63) is 48.4 Å². The predicted molar refractivity (Wildman–Crippen MR) is 88.5 cm³/mol. The monoisotopic (exact) mass is 306 g/mol. The Kier molecular flexibility index (Phi) is 2.73. The molecular weight excluding hydrogens is 288 g/mol. The first-order valence-electron chi connectivity index (χ1n) is 8.21. The highest BCUT2D eigenvalue weighted by Gasteiger charge is 2.39. The first kappa shape index (κ1) is 13.1. The van der Waals surface area contributed by atoms with Crippen LogP contribution < -0.4 is 10.6 Å². The van der Waals surface area contributed by atoms with E-state index >= 15 is 0 Å². The Morgan fingerprint density at radius 1 is 1.30 bits per heavy atom. The van der Waals surface area contributed by atoms with Gasteiger partial charge < -0.3 is 15.0 Å². The molecule has 2 fully saturated rings. The lowest BCUT2D eigenvalue weighted by atomic mass is 9.95. The molecule has 2 aliphatic heterocycles. The maximum atomic E-state index is 12.6. The van der Waals surface area contributed by atoms with Crippen molar-refractivity contribution in [1.82, 2.24) is 20.0 Å². The van der Waals surface area contributed by atoms with Crippen molar-refractivity contribution in [1.29, 1.82) is 0 Å². The molecule has 3 unspecified atom stereocenters. The van der Waals surface area contributed by atoms with Crippen LogP contribution in [-0.2, 0) is 0 Å². The second-order valence-corrected chi connectivity index (χ2v) is 6.63. The van der Waals surface area contributed by atoms with Gasteiger partial charge >= 0.3 is 0 Å². The van der Waals surface area contributed by atoms with Crippen molar-refractivity contribution in [3.8, 4) is 0 Å². The van der Waals surface area contributed by atoms with Gasteiger partial charge in [-0.15, -0.1) is 0 Å². The number of aromatic nitrogens is 2. The number of carbonyl (C=O) groups is 1. The molecule has 0 radical (unpaired) electrons.